The Hall–Kier alpha value is -3.87. The van der Waals surface area contributed by atoms with E-state index in [0.717, 1.165) is 54.1 Å². The average molecular weight is 439 g/mol. The molecule has 1 N–H and O–H groups in total. The first kappa shape index (κ1) is 19.8. The zero-order valence-corrected chi connectivity index (χ0v) is 18.6. The van der Waals surface area contributed by atoms with Crippen LogP contribution in [0.15, 0.2) is 71.7 Å². The number of furan rings is 1. The van der Waals surface area contributed by atoms with E-state index in [1.54, 1.807) is 6.26 Å². The third-order valence-electron chi connectivity index (χ3n) is 6.50. The van der Waals surface area contributed by atoms with Crippen molar-refractivity contribution in [3.8, 4) is 11.1 Å². The molecule has 0 radical (unpaired) electrons. The molecule has 1 aromatic carbocycles. The summed E-state index contributed by atoms with van der Waals surface area (Å²) in [7, 11) is 1.95. The first-order valence-electron chi connectivity index (χ1n) is 11.5. The number of anilines is 1. The summed E-state index contributed by atoms with van der Waals surface area (Å²) in [6.07, 6.45) is 11.5. The van der Waals surface area contributed by atoms with E-state index in [-0.39, 0.29) is 0 Å². The summed E-state index contributed by atoms with van der Waals surface area (Å²) in [5.41, 5.74) is 6.64. The molecule has 0 bridgehead atoms. The van der Waals surface area contributed by atoms with Crippen molar-refractivity contribution in [1.29, 1.82) is 0 Å². The number of aryl methyl sites for hydroxylation is 3. The number of rotatable bonds is 6. The molecule has 1 atom stereocenters. The highest BCUT2D eigenvalue weighted by Gasteiger charge is 2.28. The molecule has 7 nitrogen and oxygen atoms in total. The van der Waals surface area contributed by atoms with Gasteiger partial charge in [-0.15, -0.1) is 0 Å². The molecule has 7 heteroatoms. The van der Waals surface area contributed by atoms with Crippen LogP contribution < -0.4 is 4.90 Å². The van der Waals surface area contributed by atoms with Crippen LogP contribution in [0.5, 0.6) is 0 Å². The molecule has 1 aliphatic rings. The topological polar surface area (TPSA) is 75.8 Å². The molecule has 0 amide bonds. The SMILES string of the molecule is Cn1cc(-c2ccc(C3CCCN3c3ccnc4nc(CCc5ccco5)[nH]c34)cc2)cn1. The Balaban J connectivity index is 1.27. The highest BCUT2D eigenvalue weighted by atomic mass is 16.3. The number of imidazole rings is 1. The van der Waals surface area contributed by atoms with Gasteiger partial charge in [-0.25, -0.2) is 9.97 Å². The van der Waals surface area contributed by atoms with Crippen LogP contribution in [0, 0.1) is 0 Å². The molecule has 0 saturated carbocycles. The van der Waals surface area contributed by atoms with E-state index in [2.05, 4.69) is 50.3 Å². The lowest BCUT2D eigenvalue weighted by Crippen LogP contribution is -2.22. The number of hydrogen-bond donors (Lipinski definition) is 1. The lowest BCUT2D eigenvalue weighted by Gasteiger charge is -2.27. The van der Waals surface area contributed by atoms with E-state index in [1.165, 1.54) is 23.2 Å². The number of aromatic amines is 1. The molecule has 33 heavy (non-hydrogen) atoms. The molecular formula is C26H26N6O. The number of nitrogens with zero attached hydrogens (tertiary/aromatic N) is 5. The number of hydrogen-bond acceptors (Lipinski definition) is 5. The van der Waals surface area contributed by atoms with Gasteiger partial charge in [0.15, 0.2) is 5.65 Å². The van der Waals surface area contributed by atoms with E-state index in [0.29, 0.717) is 6.04 Å². The summed E-state index contributed by atoms with van der Waals surface area (Å²) in [6, 6.07) is 15.3. The van der Waals surface area contributed by atoms with Gasteiger partial charge >= 0.3 is 0 Å². The molecule has 0 aliphatic carbocycles. The Labute approximate surface area is 192 Å². The highest BCUT2D eigenvalue weighted by molar-refractivity contribution is 5.86. The summed E-state index contributed by atoms with van der Waals surface area (Å²) < 4.78 is 7.30. The van der Waals surface area contributed by atoms with Crippen LogP contribution in [0.4, 0.5) is 5.69 Å². The third-order valence-corrected chi connectivity index (χ3v) is 6.50. The maximum atomic E-state index is 5.46. The molecule has 166 valence electrons. The number of pyridine rings is 1. The van der Waals surface area contributed by atoms with Gasteiger partial charge in [0.1, 0.15) is 17.1 Å². The van der Waals surface area contributed by atoms with E-state index in [9.17, 15) is 0 Å². The van der Waals surface area contributed by atoms with Crippen LogP contribution in [0.2, 0.25) is 0 Å². The fraction of sp³-hybridized carbons (Fsp3) is 0.269. The van der Waals surface area contributed by atoms with Gasteiger partial charge in [0.05, 0.1) is 24.2 Å². The lowest BCUT2D eigenvalue weighted by atomic mass is 10.0. The number of H-pyrrole nitrogens is 1. The smallest absolute Gasteiger partial charge is 0.179 e. The van der Waals surface area contributed by atoms with Gasteiger partial charge in [0, 0.05) is 44.4 Å². The van der Waals surface area contributed by atoms with E-state index in [1.807, 2.05) is 42.5 Å². The van der Waals surface area contributed by atoms with Gasteiger partial charge in [-0.1, -0.05) is 24.3 Å². The Morgan fingerprint density at radius 2 is 2.00 bits per heavy atom. The maximum absolute atomic E-state index is 5.46. The largest absolute Gasteiger partial charge is 0.469 e. The van der Waals surface area contributed by atoms with Crippen molar-refractivity contribution in [3.63, 3.8) is 0 Å². The lowest BCUT2D eigenvalue weighted by molar-refractivity contribution is 0.507. The summed E-state index contributed by atoms with van der Waals surface area (Å²) in [4.78, 5) is 15.3. The first-order chi connectivity index (χ1) is 16.2. The normalized spacial score (nSPS) is 16.2. The zero-order chi connectivity index (χ0) is 22.2. The van der Waals surface area contributed by atoms with Crippen molar-refractivity contribution in [2.24, 2.45) is 7.05 Å². The van der Waals surface area contributed by atoms with Gasteiger partial charge in [0.25, 0.3) is 0 Å². The van der Waals surface area contributed by atoms with E-state index in [4.69, 9.17) is 9.40 Å². The van der Waals surface area contributed by atoms with Crippen LogP contribution in [-0.4, -0.2) is 31.3 Å². The monoisotopic (exact) mass is 438 g/mol. The zero-order valence-electron chi connectivity index (χ0n) is 18.6. The van der Waals surface area contributed by atoms with Gasteiger partial charge < -0.3 is 14.3 Å². The molecule has 1 aliphatic heterocycles. The summed E-state index contributed by atoms with van der Waals surface area (Å²) >= 11 is 0. The third kappa shape index (κ3) is 3.80. The average Bonchev–Trinajstić information content (AvgIpc) is 3.64. The minimum atomic E-state index is 0.341. The number of benzene rings is 1. The predicted molar refractivity (Wildman–Crippen MR) is 128 cm³/mol. The fourth-order valence-corrected chi connectivity index (χ4v) is 4.87. The van der Waals surface area contributed by atoms with Crippen LogP contribution in [-0.2, 0) is 19.9 Å². The second-order valence-corrected chi connectivity index (χ2v) is 8.67. The Bertz CT molecular complexity index is 1370. The Morgan fingerprint density at radius 3 is 2.79 bits per heavy atom. The van der Waals surface area contributed by atoms with Crippen molar-refractivity contribution in [2.75, 3.05) is 11.4 Å². The van der Waals surface area contributed by atoms with Crippen molar-refractivity contribution < 1.29 is 4.42 Å². The van der Waals surface area contributed by atoms with Crippen LogP contribution >= 0.6 is 0 Å². The first-order valence-corrected chi connectivity index (χ1v) is 11.5. The van der Waals surface area contributed by atoms with Gasteiger partial charge in [-0.3, -0.25) is 4.68 Å². The molecule has 1 unspecified atom stereocenters. The van der Waals surface area contributed by atoms with Crippen molar-refractivity contribution in [3.05, 3.63) is 84.5 Å². The van der Waals surface area contributed by atoms with Crippen molar-refractivity contribution in [2.45, 2.75) is 31.7 Å². The predicted octanol–water partition coefficient (Wildman–Crippen LogP) is 5.08. The molecule has 4 aromatic heterocycles. The van der Waals surface area contributed by atoms with Crippen molar-refractivity contribution in [1.82, 2.24) is 24.7 Å². The van der Waals surface area contributed by atoms with Crippen LogP contribution in [0.3, 0.4) is 0 Å². The van der Waals surface area contributed by atoms with Gasteiger partial charge in [0.2, 0.25) is 0 Å². The highest BCUT2D eigenvalue weighted by Crippen LogP contribution is 2.39. The molecular weight excluding hydrogens is 412 g/mol. The maximum Gasteiger partial charge on any atom is 0.179 e. The quantitative estimate of drug-likeness (QED) is 0.400. The van der Waals surface area contributed by atoms with Crippen molar-refractivity contribution >= 4 is 16.9 Å². The molecule has 0 spiro atoms. The molecule has 1 fully saturated rings. The second-order valence-electron chi connectivity index (χ2n) is 8.67. The molecule has 5 heterocycles. The summed E-state index contributed by atoms with van der Waals surface area (Å²) in [5.74, 6) is 1.91. The second kappa shape index (κ2) is 8.24. The molecule has 1 saturated heterocycles. The Kier molecular flexibility index (Phi) is 4.94. The molecule has 6 rings (SSSR count). The number of fused-ring (bicyclic) bond motifs is 1. The summed E-state index contributed by atoms with van der Waals surface area (Å²) in [5, 5.41) is 4.29. The minimum absolute atomic E-state index is 0.341. The standard InChI is InChI=1S/C26H26N6O/c1-31-17-20(16-28-31)18-6-8-19(9-7-18)22-5-2-14-32(22)23-12-13-27-26-25(23)29-24(30-26)11-10-21-4-3-15-33-21/h3-4,6-9,12-13,15-17,22H,2,5,10-11,14H2,1H3,(H,27,29,30). The number of nitrogens with one attached hydrogen (secondary N) is 1. The van der Waals surface area contributed by atoms with Crippen LogP contribution in [0.25, 0.3) is 22.3 Å². The van der Waals surface area contributed by atoms with Crippen LogP contribution in [0.1, 0.15) is 36.0 Å². The van der Waals surface area contributed by atoms with E-state index >= 15 is 0 Å². The fourth-order valence-electron chi connectivity index (χ4n) is 4.87. The van der Waals surface area contributed by atoms with Gasteiger partial charge in [-0.2, -0.15) is 5.10 Å². The number of aromatic nitrogens is 5. The molecule has 5 aromatic rings. The minimum Gasteiger partial charge on any atom is -0.469 e. The summed E-state index contributed by atoms with van der Waals surface area (Å²) in [6.45, 7) is 1.02. The Morgan fingerprint density at radius 1 is 1.09 bits per heavy atom. The van der Waals surface area contributed by atoms with E-state index < -0.39 is 0 Å². The van der Waals surface area contributed by atoms with Gasteiger partial charge in [-0.05, 0) is 42.2 Å².